The predicted octanol–water partition coefficient (Wildman–Crippen LogP) is 0.670. The van der Waals surface area contributed by atoms with E-state index in [1.54, 1.807) is 6.20 Å². The molecular formula is C11H17N3OS. The summed E-state index contributed by atoms with van der Waals surface area (Å²) in [6.45, 7) is 3.58. The molecule has 2 rings (SSSR count). The van der Waals surface area contributed by atoms with Gasteiger partial charge in [0, 0.05) is 53.2 Å². The Bertz CT molecular complexity index is 385. The van der Waals surface area contributed by atoms with E-state index < -0.39 is 10.8 Å². The maximum atomic E-state index is 11.3. The van der Waals surface area contributed by atoms with Crippen molar-refractivity contribution in [3.8, 4) is 0 Å². The summed E-state index contributed by atoms with van der Waals surface area (Å²) >= 11 is 0. The number of aromatic nitrogens is 1. The summed E-state index contributed by atoms with van der Waals surface area (Å²) in [5.74, 6) is 2.42. The maximum Gasteiger partial charge on any atom is 0.133 e. The Morgan fingerprint density at radius 3 is 2.81 bits per heavy atom. The Kier molecular flexibility index (Phi) is 3.56. The van der Waals surface area contributed by atoms with Crippen LogP contribution in [0.2, 0.25) is 0 Å². The average Bonchev–Trinajstić information content (AvgIpc) is 2.30. The van der Waals surface area contributed by atoms with Gasteiger partial charge in [0.05, 0.1) is 0 Å². The molecule has 0 amide bonds. The third kappa shape index (κ3) is 2.41. The van der Waals surface area contributed by atoms with E-state index in [4.69, 9.17) is 5.73 Å². The second-order valence-electron chi connectivity index (χ2n) is 4.04. The van der Waals surface area contributed by atoms with Gasteiger partial charge in [-0.2, -0.15) is 0 Å². The van der Waals surface area contributed by atoms with Crippen LogP contribution in [0, 0.1) is 0 Å². The number of anilines is 1. The standard InChI is InChI=1S/C11H17N3OS/c1-9(12)10-3-2-4-13-11(10)14-5-7-16(15)8-6-14/h2-4,9H,5-8,12H2,1H3/t9-/m0/s1. The van der Waals surface area contributed by atoms with Crippen LogP contribution in [0.1, 0.15) is 18.5 Å². The molecule has 1 aliphatic heterocycles. The highest BCUT2D eigenvalue weighted by Crippen LogP contribution is 2.23. The van der Waals surface area contributed by atoms with E-state index in [1.807, 2.05) is 19.1 Å². The summed E-state index contributed by atoms with van der Waals surface area (Å²) in [5, 5.41) is 0. The number of hydrogen-bond donors (Lipinski definition) is 1. The predicted molar refractivity (Wildman–Crippen MR) is 66.9 cm³/mol. The molecule has 1 aliphatic rings. The monoisotopic (exact) mass is 239 g/mol. The highest BCUT2D eigenvalue weighted by molar-refractivity contribution is 7.85. The number of pyridine rings is 1. The van der Waals surface area contributed by atoms with Gasteiger partial charge in [-0.3, -0.25) is 4.21 Å². The van der Waals surface area contributed by atoms with Crippen molar-refractivity contribution in [2.24, 2.45) is 5.73 Å². The molecular weight excluding hydrogens is 222 g/mol. The van der Waals surface area contributed by atoms with Crippen LogP contribution in [0.15, 0.2) is 18.3 Å². The number of hydrogen-bond acceptors (Lipinski definition) is 4. The second-order valence-corrected chi connectivity index (χ2v) is 5.74. The summed E-state index contributed by atoms with van der Waals surface area (Å²) in [5.41, 5.74) is 6.99. The Labute approximate surface area is 98.3 Å². The molecule has 1 aromatic heterocycles. The molecule has 5 heteroatoms. The first-order valence-corrected chi connectivity index (χ1v) is 6.97. The third-order valence-corrected chi connectivity index (χ3v) is 4.06. The SMILES string of the molecule is C[C@H](N)c1cccnc1N1CCS(=O)CC1. The summed E-state index contributed by atoms with van der Waals surface area (Å²) in [6, 6.07) is 3.90. The lowest BCUT2D eigenvalue weighted by atomic mass is 10.1. The van der Waals surface area contributed by atoms with Crippen LogP contribution < -0.4 is 10.6 Å². The van der Waals surface area contributed by atoms with Crippen LogP contribution >= 0.6 is 0 Å². The molecule has 1 saturated heterocycles. The first kappa shape index (κ1) is 11.5. The molecule has 1 atom stereocenters. The van der Waals surface area contributed by atoms with Crippen molar-refractivity contribution < 1.29 is 4.21 Å². The molecule has 88 valence electrons. The highest BCUT2D eigenvalue weighted by atomic mass is 32.2. The molecule has 2 heterocycles. The molecule has 0 radical (unpaired) electrons. The van der Waals surface area contributed by atoms with Crippen LogP contribution in [0.25, 0.3) is 0 Å². The van der Waals surface area contributed by atoms with Crippen LogP contribution in [-0.2, 0) is 10.8 Å². The Morgan fingerprint density at radius 2 is 2.19 bits per heavy atom. The Balaban J connectivity index is 2.23. The largest absolute Gasteiger partial charge is 0.355 e. The lowest BCUT2D eigenvalue weighted by Crippen LogP contribution is -2.39. The van der Waals surface area contributed by atoms with Gasteiger partial charge in [-0.25, -0.2) is 4.98 Å². The zero-order valence-electron chi connectivity index (χ0n) is 9.43. The maximum absolute atomic E-state index is 11.3. The van der Waals surface area contributed by atoms with E-state index in [9.17, 15) is 4.21 Å². The first-order chi connectivity index (χ1) is 7.68. The molecule has 1 aromatic rings. The zero-order chi connectivity index (χ0) is 11.5. The first-order valence-electron chi connectivity index (χ1n) is 5.49. The molecule has 0 unspecified atom stereocenters. The second kappa shape index (κ2) is 4.93. The summed E-state index contributed by atoms with van der Waals surface area (Å²) in [6.07, 6.45) is 1.78. The number of nitrogens with two attached hydrogens (primary N) is 1. The van der Waals surface area contributed by atoms with E-state index in [-0.39, 0.29) is 6.04 Å². The minimum absolute atomic E-state index is 0.0175. The molecule has 0 spiro atoms. The fourth-order valence-electron chi connectivity index (χ4n) is 1.88. The van der Waals surface area contributed by atoms with E-state index in [0.29, 0.717) is 0 Å². The summed E-state index contributed by atoms with van der Waals surface area (Å²) in [7, 11) is -0.653. The molecule has 4 nitrogen and oxygen atoms in total. The van der Waals surface area contributed by atoms with Crippen molar-refractivity contribution >= 4 is 16.6 Å². The van der Waals surface area contributed by atoms with Crippen molar-refractivity contribution in [3.05, 3.63) is 23.9 Å². The van der Waals surface area contributed by atoms with Gasteiger partial charge in [0.15, 0.2) is 0 Å². The van der Waals surface area contributed by atoms with Gasteiger partial charge >= 0.3 is 0 Å². The third-order valence-electron chi connectivity index (χ3n) is 2.78. The van der Waals surface area contributed by atoms with E-state index in [2.05, 4.69) is 9.88 Å². The smallest absolute Gasteiger partial charge is 0.133 e. The molecule has 0 aromatic carbocycles. The fourth-order valence-corrected chi connectivity index (χ4v) is 2.93. The van der Waals surface area contributed by atoms with Crippen molar-refractivity contribution in [2.45, 2.75) is 13.0 Å². The summed E-state index contributed by atoms with van der Waals surface area (Å²) in [4.78, 5) is 6.58. The molecule has 2 N–H and O–H groups in total. The van der Waals surface area contributed by atoms with Crippen molar-refractivity contribution in [1.29, 1.82) is 0 Å². The molecule has 0 aliphatic carbocycles. The molecule has 0 bridgehead atoms. The van der Waals surface area contributed by atoms with Gasteiger partial charge in [0.25, 0.3) is 0 Å². The van der Waals surface area contributed by atoms with Gasteiger partial charge in [-0.15, -0.1) is 0 Å². The summed E-state index contributed by atoms with van der Waals surface area (Å²) < 4.78 is 11.3. The zero-order valence-corrected chi connectivity index (χ0v) is 10.2. The highest BCUT2D eigenvalue weighted by Gasteiger charge is 2.19. The van der Waals surface area contributed by atoms with Crippen LogP contribution in [0.5, 0.6) is 0 Å². The fraction of sp³-hybridized carbons (Fsp3) is 0.545. The Hall–Kier alpha value is -0.940. The van der Waals surface area contributed by atoms with E-state index in [0.717, 1.165) is 36.0 Å². The number of rotatable bonds is 2. The molecule has 16 heavy (non-hydrogen) atoms. The van der Waals surface area contributed by atoms with E-state index in [1.165, 1.54) is 0 Å². The minimum atomic E-state index is -0.653. The van der Waals surface area contributed by atoms with Crippen LogP contribution in [0.3, 0.4) is 0 Å². The van der Waals surface area contributed by atoms with Crippen LogP contribution in [0.4, 0.5) is 5.82 Å². The average molecular weight is 239 g/mol. The topological polar surface area (TPSA) is 59.2 Å². The molecule has 0 saturated carbocycles. The van der Waals surface area contributed by atoms with Gasteiger partial charge in [0.2, 0.25) is 0 Å². The van der Waals surface area contributed by atoms with Crippen molar-refractivity contribution in [3.63, 3.8) is 0 Å². The van der Waals surface area contributed by atoms with Crippen molar-refractivity contribution in [1.82, 2.24) is 4.98 Å². The van der Waals surface area contributed by atoms with Gasteiger partial charge < -0.3 is 10.6 Å². The van der Waals surface area contributed by atoms with E-state index >= 15 is 0 Å². The van der Waals surface area contributed by atoms with Gasteiger partial charge in [0.1, 0.15) is 5.82 Å². The van der Waals surface area contributed by atoms with Crippen LogP contribution in [-0.4, -0.2) is 33.8 Å². The van der Waals surface area contributed by atoms with Crippen molar-refractivity contribution in [2.75, 3.05) is 29.5 Å². The quantitative estimate of drug-likeness (QED) is 0.824. The normalized spacial score (nSPS) is 19.8. The Morgan fingerprint density at radius 1 is 1.50 bits per heavy atom. The minimum Gasteiger partial charge on any atom is -0.355 e. The number of nitrogens with zero attached hydrogens (tertiary/aromatic N) is 2. The van der Waals surface area contributed by atoms with Gasteiger partial charge in [-0.05, 0) is 13.0 Å². The van der Waals surface area contributed by atoms with Gasteiger partial charge in [-0.1, -0.05) is 6.07 Å². The lowest BCUT2D eigenvalue weighted by molar-refractivity contribution is 0.671. The molecule has 1 fully saturated rings. The lowest BCUT2D eigenvalue weighted by Gasteiger charge is -2.29.